The van der Waals surface area contributed by atoms with Crippen LogP contribution in [0.15, 0.2) is 30.3 Å². The van der Waals surface area contributed by atoms with Gasteiger partial charge in [0.2, 0.25) is 5.91 Å². The molecule has 1 unspecified atom stereocenters. The molecule has 4 nitrogen and oxygen atoms in total. The van der Waals surface area contributed by atoms with Crippen LogP contribution < -0.4 is 5.32 Å². The zero-order valence-electron chi connectivity index (χ0n) is 15.2. The molecule has 0 bridgehead atoms. The van der Waals surface area contributed by atoms with Crippen LogP contribution >= 0.6 is 34.5 Å². The number of rotatable bonds is 9. The van der Waals surface area contributed by atoms with E-state index in [1.54, 1.807) is 24.3 Å². The van der Waals surface area contributed by atoms with Gasteiger partial charge in [-0.25, -0.2) is 0 Å². The van der Waals surface area contributed by atoms with Gasteiger partial charge in [-0.05, 0) is 43.7 Å². The summed E-state index contributed by atoms with van der Waals surface area (Å²) in [6.07, 6.45) is 0.555. The third kappa shape index (κ3) is 6.76. The van der Waals surface area contributed by atoms with E-state index in [0.717, 1.165) is 10.4 Å². The molecule has 7 heteroatoms. The Morgan fingerprint density at radius 1 is 1.00 bits per heavy atom. The summed E-state index contributed by atoms with van der Waals surface area (Å²) in [5.41, 5.74) is 0.834. The van der Waals surface area contributed by atoms with Crippen LogP contribution in [-0.4, -0.2) is 17.5 Å². The second-order valence-corrected chi connectivity index (χ2v) is 8.44. The van der Waals surface area contributed by atoms with E-state index in [9.17, 15) is 14.4 Å². The number of thiophene rings is 1. The van der Waals surface area contributed by atoms with Gasteiger partial charge in [0.05, 0.1) is 21.0 Å². The predicted molar refractivity (Wildman–Crippen MR) is 110 cm³/mol. The van der Waals surface area contributed by atoms with Gasteiger partial charge in [-0.2, -0.15) is 0 Å². The molecule has 1 atom stereocenters. The Labute approximate surface area is 172 Å². The lowest BCUT2D eigenvalue weighted by molar-refractivity contribution is -0.125. The highest BCUT2D eigenvalue weighted by Crippen LogP contribution is 2.25. The summed E-state index contributed by atoms with van der Waals surface area (Å²) in [6, 6.07) is 8.60. The molecule has 0 radical (unpaired) electrons. The molecule has 0 aliphatic rings. The smallest absolute Gasteiger partial charge is 0.220 e. The normalized spacial score (nSPS) is 11.9. The molecule has 144 valence electrons. The van der Waals surface area contributed by atoms with Gasteiger partial charge >= 0.3 is 0 Å². The number of halogens is 2. The van der Waals surface area contributed by atoms with Gasteiger partial charge < -0.3 is 5.32 Å². The van der Waals surface area contributed by atoms with E-state index in [0.29, 0.717) is 14.9 Å². The Balaban J connectivity index is 1.73. The minimum Gasteiger partial charge on any atom is -0.350 e. The van der Waals surface area contributed by atoms with Crippen molar-refractivity contribution in [3.8, 4) is 0 Å². The Kier molecular flexibility index (Phi) is 8.02. The lowest BCUT2D eigenvalue weighted by Gasteiger charge is -2.15. The number of carbonyl (C=O) groups is 3. The van der Waals surface area contributed by atoms with E-state index in [4.69, 9.17) is 23.2 Å². The topological polar surface area (TPSA) is 63.2 Å². The largest absolute Gasteiger partial charge is 0.350 e. The molecule has 0 saturated heterocycles. The molecule has 0 spiro atoms. The summed E-state index contributed by atoms with van der Waals surface area (Å²) in [6.45, 7) is 3.77. The molecule has 1 aromatic carbocycles. The molecule has 1 amide bonds. The third-order valence-corrected chi connectivity index (χ3v) is 5.88. The van der Waals surface area contributed by atoms with Gasteiger partial charge in [0.15, 0.2) is 5.78 Å². The van der Waals surface area contributed by atoms with Crippen molar-refractivity contribution in [2.75, 3.05) is 0 Å². The van der Waals surface area contributed by atoms with Crippen LogP contribution in [-0.2, 0) is 9.59 Å². The van der Waals surface area contributed by atoms with Crippen LogP contribution in [0.2, 0.25) is 10.0 Å². The third-order valence-electron chi connectivity index (χ3n) is 4.10. The number of Topliss-reactive ketones (excluding diaryl/α,β-unsaturated/α-hetero) is 2. The first-order valence-electron chi connectivity index (χ1n) is 8.62. The van der Waals surface area contributed by atoms with Crippen molar-refractivity contribution >= 4 is 52.0 Å². The highest BCUT2D eigenvalue weighted by Gasteiger charge is 2.14. The Bertz CT molecular complexity index is 848. The molecule has 0 aliphatic carbocycles. The van der Waals surface area contributed by atoms with Gasteiger partial charge in [-0.1, -0.05) is 29.3 Å². The minimum atomic E-state index is -0.244. The van der Waals surface area contributed by atoms with Crippen molar-refractivity contribution in [1.29, 1.82) is 0 Å². The summed E-state index contributed by atoms with van der Waals surface area (Å²) in [4.78, 5) is 37.8. The highest BCUT2D eigenvalue weighted by atomic mass is 35.5. The summed E-state index contributed by atoms with van der Waals surface area (Å²) in [5, 5.41) is 3.72. The van der Waals surface area contributed by atoms with Crippen LogP contribution in [0.5, 0.6) is 0 Å². The SMILES string of the molecule is Cc1ccc(C(=O)CCC(=O)CCC(=O)NC(C)c2ccc(Cl)c(Cl)c2)s1. The molecule has 0 saturated carbocycles. The van der Waals surface area contributed by atoms with Crippen LogP contribution in [0.1, 0.15) is 58.8 Å². The van der Waals surface area contributed by atoms with Crippen molar-refractivity contribution < 1.29 is 14.4 Å². The van der Waals surface area contributed by atoms with Crippen LogP contribution in [0.4, 0.5) is 0 Å². The zero-order valence-corrected chi connectivity index (χ0v) is 17.5. The Hall–Kier alpha value is -1.69. The molecule has 2 rings (SSSR count). The fraction of sp³-hybridized carbons (Fsp3) is 0.350. The molecular formula is C20H21Cl2NO3S. The molecule has 1 aromatic heterocycles. The van der Waals surface area contributed by atoms with Gasteiger partial charge in [0.25, 0.3) is 0 Å². The van der Waals surface area contributed by atoms with E-state index in [1.165, 1.54) is 11.3 Å². The van der Waals surface area contributed by atoms with Crippen LogP contribution in [0.3, 0.4) is 0 Å². The maximum Gasteiger partial charge on any atom is 0.220 e. The van der Waals surface area contributed by atoms with Crippen molar-refractivity contribution in [2.24, 2.45) is 0 Å². The molecule has 2 aromatic rings. The van der Waals surface area contributed by atoms with Gasteiger partial charge in [-0.15, -0.1) is 11.3 Å². The van der Waals surface area contributed by atoms with Crippen LogP contribution in [0.25, 0.3) is 0 Å². The average molecular weight is 426 g/mol. The molecule has 0 aliphatic heterocycles. The standard InChI is InChI=1S/C20H21Cl2NO3S/c1-12-3-9-19(27-12)18(25)8-5-15(24)6-10-20(26)23-13(2)14-4-7-16(21)17(22)11-14/h3-4,7,9,11,13H,5-6,8,10H2,1-2H3,(H,23,26). The number of benzene rings is 1. The average Bonchev–Trinajstić information content (AvgIpc) is 3.06. The number of amides is 1. The molecule has 27 heavy (non-hydrogen) atoms. The molecule has 1 N–H and O–H groups in total. The highest BCUT2D eigenvalue weighted by molar-refractivity contribution is 7.14. The summed E-state index contributed by atoms with van der Waals surface area (Å²) >= 11 is 13.3. The van der Waals surface area contributed by atoms with E-state index < -0.39 is 0 Å². The second-order valence-electron chi connectivity index (χ2n) is 6.33. The van der Waals surface area contributed by atoms with Crippen molar-refractivity contribution in [1.82, 2.24) is 5.32 Å². The minimum absolute atomic E-state index is 0.0286. The Morgan fingerprint density at radius 2 is 1.70 bits per heavy atom. The summed E-state index contributed by atoms with van der Waals surface area (Å²) in [7, 11) is 0. The first kappa shape index (κ1) is 21.6. The number of ketones is 2. The fourth-order valence-corrected chi connectivity index (χ4v) is 3.66. The number of aryl methyl sites for hydroxylation is 1. The number of nitrogens with one attached hydrogen (secondary N) is 1. The maximum absolute atomic E-state index is 12.1. The summed E-state index contributed by atoms with van der Waals surface area (Å²) in [5.74, 6) is -0.338. The van der Waals surface area contributed by atoms with E-state index in [2.05, 4.69) is 5.32 Å². The van der Waals surface area contributed by atoms with Crippen molar-refractivity contribution in [3.63, 3.8) is 0 Å². The van der Waals surface area contributed by atoms with Crippen molar-refractivity contribution in [3.05, 3.63) is 55.7 Å². The number of carbonyl (C=O) groups excluding carboxylic acids is 3. The summed E-state index contributed by atoms with van der Waals surface area (Å²) < 4.78 is 0. The first-order valence-corrected chi connectivity index (χ1v) is 10.2. The van der Waals surface area contributed by atoms with E-state index in [1.807, 2.05) is 19.9 Å². The Morgan fingerprint density at radius 3 is 2.33 bits per heavy atom. The maximum atomic E-state index is 12.1. The molecule has 0 fully saturated rings. The number of hydrogen-bond donors (Lipinski definition) is 1. The molecule has 1 heterocycles. The van der Waals surface area contributed by atoms with Gasteiger partial charge in [0.1, 0.15) is 5.78 Å². The first-order chi connectivity index (χ1) is 12.8. The van der Waals surface area contributed by atoms with E-state index >= 15 is 0 Å². The van der Waals surface area contributed by atoms with Gasteiger partial charge in [-0.3, -0.25) is 14.4 Å². The predicted octanol–water partition coefficient (Wildman–Crippen LogP) is 5.55. The zero-order chi connectivity index (χ0) is 20.0. The lowest BCUT2D eigenvalue weighted by Crippen LogP contribution is -2.27. The second kappa shape index (κ2) is 10.0. The van der Waals surface area contributed by atoms with Crippen LogP contribution in [0, 0.1) is 6.92 Å². The molecular weight excluding hydrogens is 405 g/mol. The number of hydrogen-bond acceptors (Lipinski definition) is 4. The van der Waals surface area contributed by atoms with Crippen molar-refractivity contribution in [2.45, 2.75) is 45.6 Å². The van der Waals surface area contributed by atoms with Gasteiger partial charge in [0, 0.05) is 30.6 Å². The fourth-order valence-electron chi connectivity index (χ4n) is 2.52. The quantitative estimate of drug-likeness (QED) is 0.535. The lowest BCUT2D eigenvalue weighted by atomic mass is 10.1. The van der Waals surface area contributed by atoms with E-state index in [-0.39, 0.29) is 49.2 Å². The monoisotopic (exact) mass is 425 g/mol.